The maximum absolute atomic E-state index is 12.9. The van der Waals surface area contributed by atoms with Crippen LogP contribution in [0.25, 0.3) is 0 Å². The Morgan fingerprint density at radius 2 is 1.30 bits per heavy atom. The number of rotatable bonds is 8. The highest BCUT2D eigenvalue weighted by atomic mass is 16.5. The molecule has 3 nitrogen and oxygen atoms in total. The summed E-state index contributed by atoms with van der Waals surface area (Å²) >= 11 is 0. The van der Waals surface area contributed by atoms with Crippen molar-refractivity contribution in [2.45, 2.75) is 26.4 Å². The highest BCUT2D eigenvalue weighted by molar-refractivity contribution is 5.77. The fourth-order valence-electron chi connectivity index (χ4n) is 3.01. The van der Waals surface area contributed by atoms with Crippen LogP contribution >= 0.6 is 0 Å². The number of carbonyl (C=O) groups excluding carboxylic acids is 1. The molecule has 0 radical (unpaired) electrons. The molecule has 0 saturated heterocycles. The number of para-hydroxylation sites is 1. The summed E-state index contributed by atoms with van der Waals surface area (Å²) in [6.07, 6.45) is 0.877. The van der Waals surface area contributed by atoms with Crippen LogP contribution in [-0.4, -0.2) is 17.4 Å². The molecule has 1 amide bonds. The molecule has 0 aromatic heterocycles. The minimum atomic E-state index is -0.0198. The molecule has 0 N–H and O–H groups in total. The molecule has 0 bridgehead atoms. The Hall–Kier alpha value is -3.07. The summed E-state index contributed by atoms with van der Waals surface area (Å²) in [7, 11) is 0. The van der Waals surface area contributed by atoms with Gasteiger partial charge in [0.05, 0.1) is 0 Å². The number of hydrogen-bond donors (Lipinski definition) is 0. The third kappa shape index (κ3) is 5.45. The van der Waals surface area contributed by atoms with Crippen LogP contribution in [0.2, 0.25) is 0 Å². The molecule has 0 aliphatic heterocycles. The van der Waals surface area contributed by atoms with Gasteiger partial charge in [-0.1, -0.05) is 85.8 Å². The van der Waals surface area contributed by atoms with Crippen molar-refractivity contribution in [2.24, 2.45) is 0 Å². The predicted molar refractivity (Wildman–Crippen MR) is 108 cm³/mol. The molecular formula is C24H25NO2. The molecule has 0 heterocycles. The molecule has 3 aromatic carbocycles. The lowest BCUT2D eigenvalue weighted by Crippen LogP contribution is -2.34. The highest BCUT2D eigenvalue weighted by Crippen LogP contribution is 2.19. The molecule has 3 heteroatoms. The molecule has 0 fully saturated rings. The first-order chi connectivity index (χ1) is 13.3. The zero-order valence-electron chi connectivity index (χ0n) is 15.7. The van der Waals surface area contributed by atoms with Gasteiger partial charge in [0.2, 0.25) is 0 Å². The van der Waals surface area contributed by atoms with E-state index in [1.165, 1.54) is 0 Å². The quantitative estimate of drug-likeness (QED) is 0.575. The average molecular weight is 359 g/mol. The first-order valence-corrected chi connectivity index (χ1v) is 9.32. The molecule has 138 valence electrons. The number of nitrogens with zero attached hydrogens (tertiary/aromatic N) is 1. The second-order valence-corrected chi connectivity index (χ2v) is 6.47. The van der Waals surface area contributed by atoms with E-state index in [1.807, 2.05) is 89.8 Å². The molecule has 0 aliphatic rings. The number of amides is 1. The van der Waals surface area contributed by atoms with Crippen LogP contribution in [0.5, 0.6) is 5.75 Å². The third-order valence-corrected chi connectivity index (χ3v) is 4.49. The zero-order valence-corrected chi connectivity index (χ0v) is 15.7. The summed E-state index contributed by atoms with van der Waals surface area (Å²) in [5.74, 6) is 0.765. The summed E-state index contributed by atoms with van der Waals surface area (Å²) in [5.41, 5.74) is 3.33. The van der Waals surface area contributed by atoms with Gasteiger partial charge in [0, 0.05) is 13.1 Å². The van der Waals surface area contributed by atoms with Crippen LogP contribution in [-0.2, 0) is 24.3 Å². The Labute approximate surface area is 161 Å². The van der Waals surface area contributed by atoms with Crippen LogP contribution < -0.4 is 4.74 Å². The van der Waals surface area contributed by atoms with Gasteiger partial charge in [-0.05, 0) is 29.2 Å². The summed E-state index contributed by atoms with van der Waals surface area (Å²) < 4.78 is 5.85. The molecule has 0 unspecified atom stereocenters. The van der Waals surface area contributed by atoms with Crippen molar-refractivity contribution in [1.82, 2.24) is 4.90 Å². The van der Waals surface area contributed by atoms with Crippen molar-refractivity contribution < 1.29 is 9.53 Å². The van der Waals surface area contributed by atoms with E-state index in [0.717, 1.165) is 28.9 Å². The SMILES string of the molecule is CCc1ccccc1OCC(=O)N(Cc1ccccc1)Cc1ccccc1. The summed E-state index contributed by atoms with van der Waals surface area (Å²) in [4.78, 5) is 14.8. The number of ether oxygens (including phenoxy) is 1. The van der Waals surface area contributed by atoms with Crippen molar-refractivity contribution in [1.29, 1.82) is 0 Å². The second kappa shape index (κ2) is 9.58. The van der Waals surface area contributed by atoms with Gasteiger partial charge < -0.3 is 9.64 Å². The lowest BCUT2D eigenvalue weighted by atomic mass is 10.1. The van der Waals surface area contributed by atoms with Gasteiger partial charge in [-0.15, -0.1) is 0 Å². The summed E-state index contributed by atoms with van der Waals surface area (Å²) in [6.45, 7) is 3.25. The molecule has 0 atom stereocenters. The van der Waals surface area contributed by atoms with Gasteiger partial charge >= 0.3 is 0 Å². The van der Waals surface area contributed by atoms with Crippen LogP contribution in [0.15, 0.2) is 84.9 Å². The van der Waals surface area contributed by atoms with E-state index >= 15 is 0 Å². The lowest BCUT2D eigenvalue weighted by Gasteiger charge is -2.23. The number of carbonyl (C=O) groups is 1. The average Bonchev–Trinajstić information content (AvgIpc) is 2.73. The molecule has 0 saturated carbocycles. The van der Waals surface area contributed by atoms with Crippen LogP contribution in [0.1, 0.15) is 23.6 Å². The van der Waals surface area contributed by atoms with E-state index in [2.05, 4.69) is 6.92 Å². The number of hydrogen-bond acceptors (Lipinski definition) is 2. The standard InChI is InChI=1S/C24H25NO2/c1-2-22-15-9-10-16-23(22)27-19-24(26)25(17-20-11-5-3-6-12-20)18-21-13-7-4-8-14-21/h3-16H,2,17-19H2,1H3. The molecule has 0 aliphatic carbocycles. The van der Waals surface area contributed by atoms with E-state index < -0.39 is 0 Å². The normalized spacial score (nSPS) is 10.4. The van der Waals surface area contributed by atoms with Gasteiger partial charge in [0.25, 0.3) is 5.91 Å². The van der Waals surface area contributed by atoms with Crippen molar-refractivity contribution in [2.75, 3.05) is 6.61 Å². The van der Waals surface area contributed by atoms with Gasteiger partial charge in [0.1, 0.15) is 5.75 Å². The molecular weight excluding hydrogens is 334 g/mol. The topological polar surface area (TPSA) is 29.5 Å². The monoisotopic (exact) mass is 359 g/mol. The third-order valence-electron chi connectivity index (χ3n) is 4.49. The minimum Gasteiger partial charge on any atom is -0.483 e. The van der Waals surface area contributed by atoms with Gasteiger partial charge in [0.15, 0.2) is 6.61 Å². The zero-order chi connectivity index (χ0) is 18.9. The highest BCUT2D eigenvalue weighted by Gasteiger charge is 2.16. The fraction of sp³-hybridized carbons (Fsp3) is 0.208. The van der Waals surface area contributed by atoms with Crippen LogP contribution in [0.3, 0.4) is 0 Å². The van der Waals surface area contributed by atoms with E-state index in [4.69, 9.17) is 4.74 Å². The summed E-state index contributed by atoms with van der Waals surface area (Å²) in [5, 5.41) is 0. The van der Waals surface area contributed by atoms with Gasteiger partial charge in [-0.3, -0.25) is 4.79 Å². The molecule has 3 rings (SSSR count). The Morgan fingerprint density at radius 1 is 0.778 bits per heavy atom. The Kier molecular flexibility index (Phi) is 6.64. The molecule has 0 spiro atoms. The minimum absolute atomic E-state index is 0.0198. The van der Waals surface area contributed by atoms with Crippen LogP contribution in [0.4, 0.5) is 0 Å². The number of benzene rings is 3. The fourth-order valence-corrected chi connectivity index (χ4v) is 3.01. The predicted octanol–water partition coefficient (Wildman–Crippen LogP) is 4.86. The van der Waals surface area contributed by atoms with Crippen LogP contribution in [0, 0.1) is 0 Å². The van der Waals surface area contributed by atoms with E-state index in [1.54, 1.807) is 0 Å². The largest absolute Gasteiger partial charge is 0.483 e. The molecule has 3 aromatic rings. The van der Waals surface area contributed by atoms with Crippen molar-refractivity contribution in [3.8, 4) is 5.75 Å². The van der Waals surface area contributed by atoms with Crippen molar-refractivity contribution in [3.05, 3.63) is 102 Å². The second-order valence-electron chi connectivity index (χ2n) is 6.47. The van der Waals surface area contributed by atoms with Crippen molar-refractivity contribution in [3.63, 3.8) is 0 Å². The van der Waals surface area contributed by atoms with E-state index in [0.29, 0.717) is 13.1 Å². The Bertz CT molecular complexity index is 805. The van der Waals surface area contributed by atoms with Crippen molar-refractivity contribution >= 4 is 5.91 Å². The van der Waals surface area contributed by atoms with E-state index in [-0.39, 0.29) is 12.5 Å². The number of aryl methyl sites for hydroxylation is 1. The first-order valence-electron chi connectivity index (χ1n) is 9.32. The molecule has 27 heavy (non-hydrogen) atoms. The Morgan fingerprint density at radius 3 is 1.85 bits per heavy atom. The maximum atomic E-state index is 12.9. The van der Waals surface area contributed by atoms with Gasteiger partial charge in [-0.25, -0.2) is 0 Å². The smallest absolute Gasteiger partial charge is 0.261 e. The summed E-state index contributed by atoms with van der Waals surface area (Å²) in [6, 6.07) is 28.0. The Balaban J connectivity index is 1.71. The van der Waals surface area contributed by atoms with E-state index in [9.17, 15) is 4.79 Å². The first kappa shape index (κ1) is 18.7. The maximum Gasteiger partial charge on any atom is 0.261 e. The lowest BCUT2D eigenvalue weighted by molar-refractivity contribution is -0.134. The van der Waals surface area contributed by atoms with Gasteiger partial charge in [-0.2, -0.15) is 0 Å².